The molecule has 7 heteroatoms. The lowest BCUT2D eigenvalue weighted by Gasteiger charge is -2.13. The van der Waals surface area contributed by atoms with E-state index in [0.717, 1.165) is 11.1 Å². The van der Waals surface area contributed by atoms with E-state index in [1.807, 2.05) is 30.3 Å². The van der Waals surface area contributed by atoms with E-state index < -0.39 is 25.8 Å². The molecule has 0 saturated heterocycles. The summed E-state index contributed by atoms with van der Waals surface area (Å²) in [7, 11) is -4.22. The molecule has 0 amide bonds. The third-order valence-corrected chi connectivity index (χ3v) is 4.10. The number of nitrogens with two attached hydrogens (primary N) is 1. The van der Waals surface area contributed by atoms with Gasteiger partial charge in [0.15, 0.2) is 0 Å². The van der Waals surface area contributed by atoms with Gasteiger partial charge in [0, 0.05) is 0 Å². The van der Waals surface area contributed by atoms with Crippen LogP contribution in [0.15, 0.2) is 48.5 Å². The van der Waals surface area contributed by atoms with Gasteiger partial charge >= 0.3 is 13.6 Å². The van der Waals surface area contributed by atoms with Crippen molar-refractivity contribution in [1.82, 2.24) is 0 Å². The van der Waals surface area contributed by atoms with Crippen LogP contribution in [-0.2, 0) is 21.9 Å². The molecule has 0 aromatic heterocycles. The van der Waals surface area contributed by atoms with Gasteiger partial charge in [0.1, 0.15) is 6.04 Å². The third-order valence-electron chi connectivity index (χ3n) is 3.32. The second kappa shape index (κ2) is 7.06. The van der Waals surface area contributed by atoms with E-state index in [2.05, 4.69) is 0 Å². The normalized spacial score (nSPS) is 12.8. The molecular weight excluding hydrogens is 317 g/mol. The summed E-state index contributed by atoms with van der Waals surface area (Å²) in [5, 5.41) is 8.94. The minimum atomic E-state index is -4.22. The Bertz CT molecular complexity index is 741. The van der Waals surface area contributed by atoms with Gasteiger partial charge in [0.2, 0.25) is 0 Å². The van der Waals surface area contributed by atoms with E-state index >= 15 is 0 Å². The van der Waals surface area contributed by atoms with Gasteiger partial charge in [-0.2, -0.15) is 0 Å². The summed E-state index contributed by atoms with van der Waals surface area (Å²) in [6.45, 7) is 0. The fraction of sp³-hybridized carbons (Fsp3) is 0.188. The molecule has 0 bridgehead atoms. The molecule has 0 aliphatic carbocycles. The summed E-state index contributed by atoms with van der Waals surface area (Å²) in [5.74, 6) is -1.12. The molecular formula is C16H18NO5P. The topological polar surface area (TPSA) is 121 Å². The molecule has 0 radical (unpaired) electrons. The van der Waals surface area contributed by atoms with Crippen molar-refractivity contribution in [2.45, 2.75) is 18.6 Å². The van der Waals surface area contributed by atoms with Gasteiger partial charge in [-0.05, 0) is 28.7 Å². The summed E-state index contributed by atoms with van der Waals surface area (Å²) < 4.78 is 11.3. The lowest BCUT2D eigenvalue weighted by atomic mass is 9.97. The van der Waals surface area contributed by atoms with Crippen molar-refractivity contribution in [1.29, 1.82) is 0 Å². The molecule has 0 aliphatic heterocycles. The molecule has 0 fully saturated rings. The van der Waals surface area contributed by atoms with Gasteiger partial charge < -0.3 is 20.6 Å². The van der Waals surface area contributed by atoms with Crippen LogP contribution in [0.5, 0.6) is 0 Å². The first kappa shape index (κ1) is 17.4. The zero-order chi connectivity index (χ0) is 17.0. The number of rotatable bonds is 6. The predicted octanol–water partition coefficient (Wildman–Crippen LogP) is 1.99. The van der Waals surface area contributed by atoms with Gasteiger partial charge in [-0.15, -0.1) is 0 Å². The van der Waals surface area contributed by atoms with E-state index in [0.29, 0.717) is 11.1 Å². The average Bonchev–Trinajstić information content (AvgIpc) is 2.46. The zero-order valence-corrected chi connectivity index (χ0v) is 13.2. The zero-order valence-electron chi connectivity index (χ0n) is 12.3. The fourth-order valence-electron chi connectivity index (χ4n) is 2.35. The van der Waals surface area contributed by atoms with E-state index in [-0.39, 0.29) is 6.42 Å². The number of carbonyl (C=O) groups is 1. The van der Waals surface area contributed by atoms with Crippen molar-refractivity contribution in [3.8, 4) is 11.1 Å². The molecule has 23 heavy (non-hydrogen) atoms. The second-order valence-corrected chi connectivity index (χ2v) is 7.02. The molecule has 2 rings (SSSR count). The Hall–Kier alpha value is -1.98. The monoisotopic (exact) mass is 335 g/mol. The Morgan fingerprint density at radius 2 is 1.65 bits per heavy atom. The quantitative estimate of drug-likeness (QED) is 0.599. The summed E-state index contributed by atoms with van der Waals surface area (Å²) in [4.78, 5) is 29.3. The molecule has 2 aromatic carbocycles. The molecule has 0 saturated carbocycles. The summed E-state index contributed by atoms with van der Waals surface area (Å²) in [6, 6.07) is 13.3. The lowest BCUT2D eigenvalue weighted by molar-refractivity contribution is -0.138. The highest BCUT2D eigenvalue weighted by molar-refractivity contribution is 7.50. The number of aliphatic carboxylic acids is 1. The minimum Gasteiger partial charge on any atom is -0.480 e. The molecule has 0 spiro atoms. The first-order chi connectivity index (χ1) is 10.7. The highest BCUT2D eigenvalue weighted by atomic mass is 31.2. The maximum Gasteiger partial charge on any atom is 0.329 e. The largest absolute Gasteiger partial charge is 0.480 e. The number of carboxylic acids is 1. The molecule has 122 valence electrons. The van der Waals surface area contributed by atoms with Crippen molar-refractivity contribution < 1.29 is 24.3 Å². The van der Waals surface area contributed by atoms with E-state index in [1.54, 1.807) is 18.2 Å². The fourth-order valence-corrected chi connectivity index (χ4v) is 3.01. The van der Waals surface area contributed by atoms with Gasteiger partial charge in [-0.25, -0.2) is 0 Å². The van der Waals surface area contributed by atoms with Crippen LogP contribution < -0.4 is 5.73 Å². The third kappa shape index (κ3) is 5.30. The summed E-state index contributed by atoms with van der Waals surface area (Å²) >= 11 is 0. The van der Waals surface area contributed by atoms with Crippen molar-refractivity contribution in [3.63, 3.8) is 0 Å². The first-order valence-corrected chi connectivity index (χ1v) is 8.75. The van der Waals surface area contributed by atoms with Gasteiger partial charge in [0.25, 0.3) is 0 Å². The Balaban J connectivity index is 2.43. The number of carboxylic acid groups (broad SMARTS) is 1. The van der Waals surface area contributed by atoms with Gasteiger partial charge in [-0.1, -0.05) is 48.5 Å². The van der Waals surface area contributed by atoms with Crippen molar-refractivity contribution in [2.75, 3.05) is 0 Å². The van der Waals surface area contributed by atoms with Crippen LogP contribution in [0.4, 0.5) is 0 Å². The first-order valence-electron chi connectivity index (χ1n) is 6.96. The Kier molecular flexibility index (Phi) is 5.34. The van der Waals surface area contributed by atoms with Crippen LogP contribution in [0.3, 0.4) is 0 Å². The average molecular weight is 335 g/mol. The maximum absolute atomic E-state index is 11.3. The van der Waals surface area contributed by atoms with E-state index in [4.69, 9.17) is 10.8 Å². The smallest absolute Gasteiger partial charge is 0.329 e. The highest BCUT2D eigenvalue weighted by Gasteiger charge is 2.17. The van der Waals surface area contributed by atoms with Crippen LogP contribution in [0.2, 0.25) is 0 Å². The van der Waals surface area contributed by atoms with Crippen molar-refractivity contribution >= 4 is 13.6 Å². The van der Waals surface area contributed by atoms with Crippen LogP contribution in [0.1, 0.15) is 11.1 Å². The van der Waals surface area contributed by atoms with Gasteiger partial charge in [-0.3, -0.25) is 9.36 Å². The van der Waals surface area contributed by atoms with Crippen LogP contribution in [-0.4, -0.2) is 26.9 Å². The standard InChI is InChI=1S/C16H18NO5P/c17-15(16(18)19)9-11-6-12(10-23(20,21)22)8-14(7-11)13-4-2-1-3-5-13/h1-8,15H,9-10,17H2,(H,18,19)(H2,20,21,22)/t15-/m0/s1. The Labute approximate surface area is 133 Å². The molecule has 5 N–H and O–H groups in total. The summed E-state index contributed by atoms with van der Waals surface area (Å²) in [5.41, 5.74) is 8.29. The molecule has 0 heterocycles. The van der Waals surface area contributed by atoms with Crippen LogP contribution >= 0.6 is 7.60 Å². The lowest BCUT2D eigenvalue weighted by Crippen LogP contribution is -2.32. The van der Waals surface area contributed by atoms with Crippen molar-refractivity contribution in [3.05, 3.63) is 59.7 Å². The number of benzene rings is 2. The van der Waals surface area contributed by atoms with E-state index in [9.17, 15) is 19.1 Å². The summed E-state index contributed by atoms with van der Waals surface area (Å²) in [6.07, 6.45) is -0.312. The van der Waals surface area contributed by atoms with Crippen LogP contribution in [0.25, 0.3) is 11.1 Å². The minimum absolute atomic E-state index is 0.0875. The van der Waals surface area contributed by atoms with Crippen molar-refractivity contribution in [2.24, 2.45) is 5.73 Å². The number of hydrogen-bond acceptors (Lipinski definition) is 3. The second-order valence-electron chi connectivity index (χ2n) is 5.38. The predicted molar refractivity (Wildman–Crippen MR) is 86.9 cm³/mol. The Morgan fingerprint density at radius 3 is 2.22 bits per heavy atom. The van der Waals surface area contributed by atoms with Gasteiger partial charge in [0.05, 0.1) is 6.16 Å². The molecule has 1 atom stereocenters. The SMILES string of the molecule is N[C@@H](Cc1cc(CP(=O)(O)O)cc(-c2ccccc2)c1)C(=O)O. The maximum atomic E-state index is 11.3. The molecule has 2 aromatic rings. The van der Waals surface area contributed by atoms with E-state index in [1.165, 1.54) is 0 Å². The van der Waals surface area contributed by atoms with Crippen LogP contribution in [0, 0.1) is 0 Å². The number of hydrogen-bond donors (Lipinski definition) is 4. The Morgan fingerprint density at radius 1 is 1.04 bits per heavy atom. The highest BCUT2D eigenvalue weighted by Crippen LogP contribution is 2.40. The molecule has 0 aliphatic rings. The molecule has 0 unspecified atom stereocenters. The molecule has 6 nitrogen and oxygen atoms in total.